The van der Waals surface area contributed by atoms with E-state index in [0.29, 0.717) is 17.9 Å². The van der Waals surface area contributed by atoms with Crippen molar-refractivity contribution in [2.45, 2.75) is 13.3 Å². The Morgan fingerprint density at radius 2 is 1.86 bits per heavy atom. The predicted molar refractivity (Wildman–Crippen MR) is 51.2 cm³/mol. The molecule has 0 saturated heterocycles. The fraction of sp³-hybridized carbons (Fsp3) is 0.182. The molecular formula is C11H10O3. The Hall–Kier alpha value is -1.77. The van der Waals surface area contributed by atoms with Crippen LogP contribution in [0.5, 0.6) is 0 Å². The third-order valence-electron chi connectivity index (χ3n) is 2.04. The van der Waals surface area contributed by atoms with Gasteiger partial charge in [-0.25, -0.2) is 4.79 Å². The number of aryl methyl sites for hydroxylation is 1. The first-order valence-electron chi connectivity index (χ1n) is 4.39. The van der Waals surface area contributed by atoms with Crippen LogP contribution in [0.3, 0.4) is 0 Å². The second-order valence-corrected chi connectivity index (χ2v) is 3.10. The molecule has 0 atom stereocenters. The largest absolute Gasteiger partial charge is 0.519 e. The van der Waals surface area contributed by atoms with Crippen molar-refractivity contribution in [1.29, 1.82) is 0 Å². The maximum absolute atomic E-state index is 10.8. The minimum atomic E-state index is -0.631. The Balaban J connectivity index is 2.27. The van der Waals surface area contributed by atoms with Crippen LogP contribution >= 0.6 is 0 Å². The first-order chi connectivity index (χ1) is 6.75. The Morgan fingerprint density at radius 3 is 2.43 bits per heavy atom. The van der Waals surface area contributed by atoms with E-state index in [1.54, 1.807) is 6.92 Å². The Labute approximate surface area is 81.0 Å². The van der Waals surface area contributed by atoms with Gasteiger partial charge in [0.1, 0.15) is 5.76 Å². The molecule has 0 fully saturated rings. The molecule has 0 bridgehead atoms. The van der Waals surface area contributed by atoms with Gasteiger partial charge in [-0.15, -0.1) is 0 Å². The second kappa shape index (κ2) is 3.54. The van der Waals surface area contributed by atoms with E-state index in [9.17, 15) is 4.79 Å². The van der Waals surface area contributed by atoms with E-state index >= 15 is 0 Å². The van der Waals surface area contributed by atoms with Gasteiger partial charge in [0.25, 0.3) is 0 Å². The van der Waals surface area contributed by atoms with E-state index in [2.05, 4.69) is 0 Å². The zero-order valence-electron chi connectivity index (χ0n) is 7.82. The van der Waals surface area contributed by atoms with Gasteiger partial charge in [0.2, 0.25) is 0 Å². The maximum Gasteiger partial charge on any atom is 0.519 e. The zero-order valence-corrected chi connectivity index (χ0v) is 7.82. The van der Waals surface area contributed by atoms with E-state index in [1.807, 2.05) is 30.3 Å². The average molecular weight is 190 g/mol. The van der Waals surface area contributed by atoms with Crippen LogP contribution in [-0.2, 0) is 6.42 Å². The van der Waals surface area contributed by atoms with E-state index < -0.39 is 5.82 Å². The van der Waals surface area contributed by atoms with Crippen LogP contribution in [0.25, 0.3) is 0 Å². The van der Waals surface area contributed by atoms with Crippen molar-refractivity contribution in [3.63, 3.8) is 0 Å². The molecule has 0 aliphatic carbocycles. The van der Waals surface area contributed by atoms with E-state index in [0.717, 1.165) is 5.56 Å². The highest BCUT2D eigenvalue weighted by Gasteiger charge is 2.08. The van der Waals surface area contributed by atoms with Crippen LogP contribution < -0.4 is 5.82 Å². The van der Waals surface area contributed by atoms with Crippen LogP contribution in [0.4, 0.5) is 0 Å². The van der Waals surface area contributed by atoms with Gasteiger partial charge in [0.15, 0.2) is 5.76 Å². The lowest BCUT2D eigenvalue weighted by atomic mass is 10.1. The highest BCUT2D eigenvalue weighted by molar-refractivity contribution is 5.20. The van der Waals surface area contributed by atoms with E-state index in [4.69, 9.17) is 8.83 Å². The summed E-state index contributed by atoms with van der Waals surface area (Å²) >= 11 is 0. The van der Waals surface area contributed by atoms with Crippen molar-refractivity contribution in [3.05, 3.63) is 58.0 Å². The molecule has 14 heavy (non-hydrogen) atoms. The lowest BCUT2D eigenvalue weighted by Crippen LogP contribution is -1.89. The van der Waals surface area contributed by atoms with Gasteiger partial charge in [-0.2, -0.15) is 0 Å². The molecule has 0 aliphatic heterocycles. The molecule has 1 aromatic carbocycles. The van der Waals surface area contributed by atoms with Crippen molar-refractivity contribution < 1.29 is 8.83 Å². The lowest BCUT2D eigenvalue weighted by molar-refractivity contribution is 0.371. The SMILES string of the molecule is Cc1oc(=O)oc1Cc1ccccc1. The Bertz CT molecular complexity index is 465. The number of benzene rings is 1. The summed E-state index contributed by atoms with van der Waals surface area (Å²) in [6.45, 7) is 1.73. The molecule has 3 nitrogen and oxygen atoms in total. The molecular weight excluding hydrogens is 180 g/mol. The fourth-order valence-electron chi connectivity index (χ4n) is 1.32. The van der Waals surface area contributed by atoms with Crippen LogP contribution in [-0.4, -0.2) is 0 Å². The first-order valence-corrected chi connectivity index (χ1v) is 4.39. The van der Waals surface area contributed by atoms with Gasteiger partial charge in [-0.3, -0.25) is 0 Å². The Morgan fingerprint density at radius 1 is 1.14 bits per heavy atom. The summed E-state index contributed by atoms with van der Waals surface area (Å²) in [6, 6.07) is 9.80. The molecule has 0 amide bonds. The highest BCUT2D eigenvalue weighted by Crippen LogP contribution is 2.11. The summed E-state index contributed by atoms with van der Waals surface area (Å²) in [5.41, 5.74) is 1.10. The normalized spacial score (nSPS) is 10.4. The molecule has 2 rings (SSSR count). The fourth-order valence-corrected chi connectivity index (χ4v) is 1.32. The zero-order chi connectivity index (χ0) is 9.97. The molecule has 3 heteroatoms. The minimum Gasteiger partial charge on any atom is -0.396 e. The molecule has 2 aromatic rings. The van der Waals surface area contributed by atoms with Crippen LogP contribution in [0.2, 0.25) is 0 Å². The van der Waals surface area contributed by atoms with Crippen molar-refractivity contribution in [2.75, 3.05) is 0 Å². The maximum atomic E-state index is 10.8. The quantitative estimate of drug-likeness (QED) is 0.728. The van der Waals surface area contributed by atoms with Gasteiger partial charge in [-0.05, 0) is 12.5 Å². The predicted octanol–water partition coefficient (Wildman–Crippen LogP) is 2.13. The molecule has 0 aliphatic rings. The first kappa shape index (κ1) is 8.81. The number of hydrogen-bond donors (Lipinski definition) is 0. The molecule has 0 N–H and O–H groups in total. The molecule has 0 radical (unpaired) electrons. The van der Waals surface area contributed by atoms with E-state index in [-0.39, 0.29) is 0 Å². The van der Waals surface area contributed by atoms with Crippen molar-refractivity contribution in [3.8, 4) is 0 Å². The summed E-state index contributed by atoms with van der Waals surface area (Å²) in [5.74, 6) is 0.522. The summed E-state index contributed by atoms with van der Waals surface area (Å²) in [7, 11) is 0. The van der Waals surface area contributed by atoms with Gasteiger partial charge < -0.3 is 8.83 Å². The average Bonchev–Trinajstić information content (AvgIpc) is 2.47. The Kier molecular flexibility index (Phi) is 2.23. The van der Waals surface area contributed by atoms with Crippen molar-refractivity contribution >= 4 is 0 Å². The molecule has 0 spiro atoms. The molecule has 1 heterocycles. The number of rotatable bonds is 2. The van der Waals surface area contributed by atoms with Gasteiger partial charge >= 0.3 is 5.82 Å². The monoisotopic (exact) mass is 190 g/mol. The molecule has 1 aromatic heterocycles. The summed E-state index contributed by atoms with van der Waals surface area (Å²) in [4.78, 5) is 10.8. The summed E-state index contributed by atoms with van der Waals surface area (Å²) < 4.78 is 9.66. The minimum absolute atomic E-state index is 0.554. The van der Waals surface area contributed by atoms with E-state index in [1.165, 1.54) is 0 Å². The highest BCUT2D eigenvalue weighted by atomic mass is 16.6. The van der Waals surface area contributed by atoms with Crippen molar-refractivity contribution in [2.24, 2.45) is 0 Å². The van der Waals surface area contributed by atoms with Gasteiger partial charge in [0, 0.05) is 6.42 Å². The molecule has 0 saturated carbocycles. The van der Waals surface area contributed by atoms with Crippen molar-refractivity contribution in [1.82, 2.24) is 0 Å². The lowest BCUT2D eigenvalue weighted by Gasteiger charge is -1.96. The summed E-state index contributed by atoms with van der Waals surface area (Å²) in [6.07, 6.45) is 0.596. The van der Waals surface area contributed by atoms with Gasteiger partial charge in [0.05, 0.1) is 0 Å². The third kappa shape index (κ3) is 1.76. The molecule has 72 valence electrons. The van der Waals surface area contributed by atoms with Crippen LogP contribution in [0.15, 0.2) is 44.0 Å². The third-order valence-corrected chi connectivity index (χ3v) is 2.04. The van der Waals surface area contributed by atoms with Crippen LogP contribution in [0, 0.1) is 6.92 Å². The number of hydrogen-bond acceptors (Lipinski definition) is 3. The topological polar surface area (TPSA) is 43.4 Å². The smallest absolute Gasteiger partial charge is 0.396 e. The standard InChI is InChI=1S/C11H10O3/c1-8-10(14-11(12)13-8)7-9-5-3-2-4-6-9/h2-6H,7H2,1H3. The van der Waals surface area contributed by atoms with Crippen LogP contribution in [0.1, 0.15) is 17.1 Å². The molecule has 0 unspecified atom stereocenters. The second-order valence-electron chi connectivity index (χ2n) is 3.10. The van der Waals surface area contributed by atoms with Gasteiger partial charge in [-0.1, -0.05) is 30.3 Å². The summed E-state index contributed by atoms with van der Waals surface area (Å²) in [5, 5.41) is 0.